The molecule has 0 amide bonds. The lowest BCUT2D eigenvalue weighted by molar-refractivity contribution is 0.518. The zero-order valence-electron chi connectivity index (χ0n) is 14.1. The van der Waals surface area contributed by atoms with E-state index >= 15 is 0 Å². The summed E-state index contributed by atoms with van der Waals surface area (Å²) in [5, 5.41) is 4.26. The molecule has 1 aliphatic rings. The van der Waals surface area contributed by atoms with Gasteiger partial charge in [-0.2, -0.15) is 0 Å². The van der Waals surface area contributed by atoms with Crippen molar-refractivity contribution in [3.63, 3.8) is 0 Å². The third kappa shape index (κ3) is 3.73. The quantitative estimate of drug-likeness (QED) is 0.799. The number of rotatable bonds is 2. The van der Waals surface area contributed by atoms with Gasteiger partial charge in [0, 0.05) is 24.7 Å². The molecule has 1 unspecified atom stereocenters. The highest BCUT2D eigenvalue weighted by Crippen LogP contribution is 2.28. The van der Waals surface area contributed by atoms with Crippen molar-refractivity contribution in [1.82, 2.24) is 4.90 Å². The fraction of sp³-hybridized carbons (Fsp3) is 0.350. The van der Waals surface area contributed by atoms with Crippen molar-refractivity contribution >= 4 is 23.0 Å². The van der Waals surface area contributed by atoms with Gasteiger partial charge in [0.1, 0.15) is 0 Å². The smallest absolute Gasteiger partial charge is 0.173 e. The second-order valence-electron chi connectivity index (χ2n) is 6.59. The number of aryl methyl sites for hydroxylation is 3. The Bertz CT molecular complexity index is 706. The summed E-state index contributed by atoms with van der Waals surface area (Å²) < 4.78 is 0. The maximum atomic E-state index is 5.63. The zero-order chi connectivity index (χ0) is 16.4. The summed E-state index contributed by atoms with van der Waals surface area (Å²) in [7, 11) is 0. The van der Waals surface area contributed by atoms with E-state index in [2.05, 4.69) is 73.5 Å². The summed E-state index contributed by atoms with van der Waals surface area (Å²) in [6, 6.07) is 15.3. The van der Waals surface area contributed by atoms with E-state index in [9.17, 15) is 0 Å². The first-order chi connectivity index (χ1) is 11.0. The van der Waals surface area contributed by atoms with E-state index < -0.39 is 0 Å². The van der Waals surface area contributed by atoms with Crippen LogP contribution in [0.5, 0.6) is 0 Å². The Balaban J connectivity index is 1.64. The molecule has 120 valence electrons. The highest BCUT2D eigenvalue weighted by Gasteiger charge is 2.25. The topological polar surface area (TPSA) is 15.3 Å². The number of benzene rings is 2. The molecular weight excluding hydrogens is 300 g/mol. The van der Waals surface area contributed by atoms with E-state index in [4.69, 9.17) is 12.2 Å². The molecule has 23 heavy (non-hydrogen) atoms. The Hall–Kier alpha value is -1.87. The van der Waals surface area contributed by atoms with Crippen molar-refractivity contribution in [3.05, 3.63) is 64.7 Å². The number of hydrogen-bond donors (Lipinski definition) is 1. The van der Waals surface area contributed by atoms with Crippen molar-refractivity contribution in [2.75, 3.05) is 18.4 Å². The van der Waals surface area contributed by atoms with Gasteiger partial charge in [-0.15, -0.1) is 0 Å². The molecule has 1 heterocycles. The fourth-order valence-electron chi connectivity index (χ4n) is 3.20. The molecule has 0 saturated carbocycles. The lowest BCUT2D eigenvalue weighted by Gasteiger charge is -2.21. The normalized spacial score (nSPS) is 17.3. The van der Waals surface area contributed by atoms with Gasteiger partial charge < -0.3 is 10.2 Å². The molecule has 0 aliphatic carbocycles. The maximum Gasteiger partial charge on any atom is 0.173 e. The molecule has 3 heteroatoms. The SMILES string of the molecule is Cc1ccc(C2CCN(C(=S)Nc3ccc(C)cc3C)C2)cc1. The monoisotopic (exact) mass is 324 g/mol. The first-order valence-electron chi connectivity index (χ1n) is 8.22. The highest BCUT2D eigenvalue weighted by molar-refractivity contribution is 7.80. The Morgan fingerprint density at radius 1 is 1.04 bits per heavy atom. The Morgan fingerprint density at radius 2 is 1.74 bits per heavy atom. The minimum Gasteiger partial charge on any atom is -0.348 e. The predicted octanol–water partition coefficient (Wildman–Crippen LogP) is 4.80. The third-order valence-electron chi connectivity index (χ3n) is 4.65. The van der Waals surface area contributed by atoms with E-state index in [1.165, 1.54) is 22.3 Å². The summed E-state index contributed by atoms with van der Waals surface area (Å²) in [4.78, 5) is 2.29. The molecule has 1 fully saturated rings. The summed E-state index contributed by atoms with van der Waals surface area (Å²) in [6.07, 6.45) is 1.16. The average molecular weight is 324 g/mol. The highest BCUT2D eigenvalue weighted by atomic mass is 32.1. The predicted molar refractivity (Wildman–Crippen MR) is 102 cm³/mol. The van der Waals surface area contributed by atoms with Crippen LogP contribution in [0.15, 0.2) is 42.5 Å². The van der Waals surface area contributed by atoms with Crippen LogP contribution in [0.3, 0.4) is 0 Å². The minimum absolute atomic E-state index is 0.578. The van der Waals surface area contributed by atoms with Gasteiger partial charge in [-0.1, -0.05) is 47.5 Å². The second kappa shape index (κ2) is 6.71. The Labute approximate surface area is 144 Å². The second-order valence-corrected chi connectivity index (χ2v) is 6.98. The Kier molecular flexibility index (Phi) is 4.67. The maximum absolute atomic E-state index is 5.63. The molecule has 0 radical (unpaired) electrons. The van der Waals surface area contributed by atoms with Gasteiger partial charge >= 0.3 is 0 Å². The van der Waals surface area contributed by atoms with Crippen molar-refractivity contribution in [1.29, 1.82) is 0 Å². The molecule has 0 bridgehead atoms. The van der Waals surface area contributed by atoms with Crippen LogP contribution in [0.4, 0.5) is 5.69 Å². The van der Waals surface area contributed by atoms with Crippen molar-refractivity contribution < 1.29 is 0 Å². The van der Waals surface area contributed by atoms with Crippen LogP contribution in [-0.2, 0) is 0 Å². The number of thiocarbonyl (C=S) groups is 1. The van der Waals surface area contributed by atoms with Gasteiger partial charge in [0.2, 0.25) is 0 Å². The molecule has 1 N–H and O–H groups in total. The average Bonchev–Trinajstić information content (AvgIpc) is 3.01. The molecule has 0 aromatic heterocycles. The van der Waals surface area contributed by atoms with Crippen molar-refractivity contribution in [3.8, 4) is 0 Å². The van der Waals surface area contributed by atoms with Crippen LogP contribution in [-0.4, -0.2) is 23.1 Å². The van der Waals surface area contributed by atoms with E-state index in [-0.39, 0.29) is 0 Å². The molecule has 0 spiro atoms. The molecule has 2 aromatic rings. The van der Waals surface area contributed by atoms with Crippen LogP contribution in [0, 0.1) is 20.8 Å². The van der Waals surface area contributed by atoms with E-state index in [0.29, 0.717) is 5.92 Å². The van der Waals surface area contributed by atoms with Crippen molar-refractivity contribution in [2.24, 2.45) is 0 Å². The Morgan fingerprint density at radius 3 is 2.43 bits per heavy atom. The van der Waals surface area contributed by atoms with Gasteiger partial charge in [-0.25, -0.2) is 0 Å². The minimum atomic E-state index is 0.578. The lowest BCUT2D eigenvalue weighted by atomic mass is 9.98. The van der Waals surface area contributed by atoms with Crippen LogP contribution >= 0.6 is 12.2 Å². The molecule has 1 aliphatic heterocycles. The lowest BCUT2D eigenvalue weighted by Crippen LogP contribution is -2.32. The van der Waals surface area contributed by atoms with Crippen LogP contribution in [0.2, 0.25) is 0 Å². The van der Waals surface area contributed by atoms with Crippen LogP contribution < -0.4 is 5.32 Å². The van der Waals surface area contributed by atoms with Crippen LogP contribution in [0.25, 0.3) is 0 Å². The van der Waals surface area contributed by atoms with Crippen LogP contribution in [0.1, 0.15) is 34.6 Å². The van der Waals surface area contributed by atoms with Gasteiger partial charge in [-0.3, -0.25) is 0 Å². The van der Waals surface area contributed by atoms with E-state index in [1.54, 1.807) is 0 Å². The summed E-state index contributed by atoms with van der Waals surface area (Å²) in [6.45, 7) is 8.39. The molecule has 1 saturated heterocycles. The van der Waals surface area contributed by atoms with Crippen molar-refractivity contribution in [2.45, 2.75) is 33.1 Å². The van der Waals surface area contributed by atoms with E-state index in [1.807, 2.05) is 0 Å². The molecular formula is C20H24N2S. The van der Waals surface area contributed by atoms with Gasteiger partial charge in [0.25, 0.3) is 0 Å². The summed E-state index contributed by atoms with van der Waals surface area (Å²) in [5.74, 6) is 0.578. The number of hydrogen-bond acceptors (Lipinski definition) is 1. The first-order valence-corrected chi connectivity index (χ1v) is 8.63. The largest absolute Gasteiger partial charge is 0.348 e. The zero-order valence-corrected chi connectivity index (χ0v) is 14.9. The first kappa shape index (κ1) is 16.0. The molecule has 2 nitrogen and oxygen atoms in total. The standard InChI is InChI=1S/C20H24N2S/c1-14-4-7-17(8-5-14)18-10-11-22(13-18)20(23)21-19-9-6-15(2)12-16(19)3/h4-9,12,18H,10-11,13H2,1-3H3,(H,21,23). The van der Waals surface area contributed by atoms with E-state index in [0.717, 1.165) is 30.3 Å². The fourth-order valence-corrected chi connectivity index (χ4v) is 3.48. The molecule has 3 rings (SSSR count). The molecule has 2 aromatic carbocycles. The van der Waals surface area contributed by atoms with Gasteiger partial charge in [0.05, 0.1) is 0 Å². The third-order valence-corrected chi connectivity index (χ3v) is 5.01. The number of nitrogens with one attached hydrogen (secondary N) is 1. The summed E-state index contributed by atoms with van der Waals surface area (Å²) in [5.41, 5.74) is 6.36. The van der Waals surface area contributed by atoms with Gasteiger partial charge in [0.15, 0.2) is 5.11 Å². The number of nitrogens with zero attached hydrogens (tertiary/aromatic N) is 1. The van der Waals surface area contributed by atoms with Gasteiger partial charge in [-0.05, 0) is 56.6 Å². The number of anilines is 1. The molecule has 1 atom stereocenters. The number of likely N-dealkylation sites (tertiary alicyclic amines) is 1. The summed E-state index contributed by atoms with van der Waals surface area (Å²) >= 11 is 5.63.